The molecule has 2 heterocycles. The molecule has 5 rings (SSSR count). The number of benzene rings is 3. The van der Waals surface area contributed by atoms with E-state index < -0.39 is 0 Å². The Morgan fingerprint density at radius 3 is 2.50 bits per heavy atom. The summed E-state index contributed by atoms with van der Waals surface area (Å²) in [5.74, 6) is 0.316. The Bertz CT molecular complexity index is 1130. The fourth-order valence-electron chi connectivity index (χ4n) is 5.00. The predicted octanol–water partition coefficient (Wildman–Crippen LogP) is 2.50. The van der Waals surface area contributed by atoms with Gasteiger partial charge in [0.1, 0.15) is 6.54 Å². The largest absolute Gasteiger partial charge is 0.338 e. The lowest BCUT2D eigenvalue weighted by atomic mass is 10.0. The summed E-state index contributed by atoms with van der Waals surface area (Å²) in [6.07, 6.45) is 1.58. The van der Waals surface area contributed by atoms with Gasteiger partial charge in [-0.25, -0.2) is 0 Å². The molecule has 0 aliphatic carbocycles. The highest BCUT2D eigenvalue weighted by molar-refractivity contribution is 5.94. The topological polar surface area (TPSA) is 45.1 Å². The van der Waals surface area contributed by atoms with Crippen molar-refractivity contribution in [2.24, 2.45) is 0 Å². The quantitative estimate of drug-likeness (QED) is 0.679. The average molecular weight is 429 g/mol. The van der Waals surface area contributed by atoms with Crippen molar-refractivity contribution in [2.45, 2.75) is 25.9 Å². The predicted molar refractivity (Wildman–Crippen MR) is 125 cm³/mol. The summed E-state index contributed by atoms with van der Waals surface area (Å²) in [5.41, 5.74) is 3.14. The second-order valence-corrected chi connectivity index (χ2v) is 8.98. The number of nitrogens with zero attached hydrogens (tertiary/aromatic N) is 2. The van der Waals surface area contributed by atoms with Gasteiger partial charge >= 0.3 is 0 Å². The molecule has 2 fully saturated rings. The lowest BCUT2D eigenvalue weighted by Gasteiger charge is -2.32. The van der Waals surface area contributed by atoms with E-state index in [1.54, 1.807) is 0 Å². The molecular weight excluding hydrogens is 398 g/mol. The third kappa shape index (κ3) is 4.39. The Labute approximate surface area is 189 Å². The number of amides is 2. The van der Waals surface area contributed by atoms with Gasteiger partial charge in [-0.05, 0) is 34.9 Å². The summed E-state index contributed by atoms with van der Waals surface area (Å²) in [5, 5.41) is 2.61. The third-order valence-electron chi connectivity index (χ3n) is 6.80. The average Bonchev–Trinajstić information content (AvgIpc) is 3.24. The summed E-state index contributed by atoms with van der Waals surface area (Å²) in [7, 11) is 0. The number of piperazine rings is 1. The Kier molecular flexibility index (Phi) is 5.91. The number of likely N-dealkylation sites (tertiary alicyclic amines) is 1. The van der Waals surface area contributed by atoms with E-state index in [2.05, 4.69) is 42.5 Å². The first-order valence-corrected chi connectivity index (χ1v) is 11.6. The van der Waals surface area contributed by atoms with E-state index in [-0.39, 0.29) is 11.8 Å². The van der Waals surface area contributed by atoms with Crippen molar-refractivity contribution in [3.05, 3.63) is 83.4 Å². The number of hydrogen-bond acceptors (Lipinski definition) is 2. The van der Waals surface area contributed by atoms with Crippen molar-refractivity contribution in [3.63, 3.8) is 0 Å². The van der Waals surface area contributed by atoms with Crippen molar-refractivity contribution in [2.75, 3.05) is 32.7 Å². The van der Waals surface area contributed by atoms with E-state index in [4.69, 9.17) is 0 Å². The smallest absolute Gasteiger partial charge is 0.254 e. The zero-order chi connectivity index (χ0) is 21.9. The molecule has 2 aliphatic heterocycles. The second kappa shape index (κ2) is 9.13. The summed E-state index contributed by atoms with van der Waals surface area (Å²) < 4.78 is 0. The molecule has 1 N–H and O–H groups in total. The van der Waals surface area contributed by atoms with Crippen LogP contribution >= 0.6 is 0 Å². The van der Waals surface area contributed by atoms with E-state index in [0.717, 1.165) is 56.8 Å². The van der Waals surface area contributed by atoms with Crippen LogP contribution in [0.2, 0.25) is 0 Å². The zero-order valence-electron chi connectivity index (χ0n) is 18.4. The highest BCUT2D eigenvalue weighted by Gasteiger charge is 2.26. The highest BCUT2D eigenvalue weighted by atomic mass is 16.2. The van der Waals surface area contributed by atoms with E-state index in [9.17, 15) is 9.59 Å². The molecule has 3 aromatic rings. The molecule has 164 valence electrons. The van der Waals surface area contributed by atoms with Gasteiger partial charge in [0, 0.05) is 30.6 Å². The van der Waals surface area contributed by atoms with Gasteiger partial charge < -0.3 is 14.7 Å². The van der Waals surface area contributed by atoms with Crippen molar-refractivity contribution >= 4 is 22.6 Å². The summed E-state index contributed by atoms with van der Waals surface area (Å²) in [6.45, 7) is 5.86. The van der Waals surface area contributed by atoms with Gasteiger partial charge in [-0.1, -0.05) is 54.6 Å². The first-order chi connectivity index (χ1) is 15.7. The van der Waals surface area contributed by atoms with Crippen LogP contribution < -0.4 is 4.90 Å². The zero-order valence-corrected chi connectivity index (χ0v) is 18.4. The maximum atomic E-state index is 13.1. The molecule has 5 heteroatoms. The van der Waals surface area contributed by atoms with Crippen LogP contribution in [0.15, 0.2) is 66.7 Å². The Morgan fingerprint density at radius 2 is 1.69 bits per heavy atom. The molecule has 0 atom stereocenters. The molecule has 0 spiro atoms. The SMILES string of the molecule is O=C1CCCN1Cc1cccc(C(=O)N2CC[NH+](Cc3cccc4ccccc34)CC2)c1. The molecular formula is C27H30N3O2+. The molecule has 0 aromatic heterocycles. The van der Waals surface area contributed by atoms with Crippen molar-refractivity contribution in [1.82, 2.24) is 9.80 Å². The van der Waals surface area contributed by atoms with Crippen LogP contribution in [-0.2, 0) is 17.9 Å². The van der Waals surface area contributed by atoms with Gasteiger partial charge in [-0.2, -0.15) is 0 Å². The first-order valence-electron chi connectivity index (χ1n) is 11.6. The van der Waals surface area contributed by atoms with Crippen molar-refractivity contribution < 1.29 is 14.5 Å². The lowest BCUT2D eigenvalue weighted by molar-refractivity contribution is -0.917. The molecule has 0 saturated carbocycles. The van der Waals surface area contributed by atoms with Crippen LogP contribution in [-0.4, -0.2) is 54.3 Å². The molecule has 32 heavy (non-hydrogen) atoms. The minimum absolute atomic E-state index is 0.101. The normalized spacial score (nSPS) is 17.3. The number of rotatable bonds is 5. The second-order valence-electron chi connectivity index (χ2n) is 8.98. The van der Waals surface area contributed by atoms with E-state index in [1.807, 2.05) is 34.1 Å². The van der Waals surface area contributed by atoms with Gasteiger partial charge in [0.25, 0.3) is 5.91 Å². The van der Waals surface area contributed by atoms with Crippen LogP contribution in [0.25, 0.3) is 10.8 Å². The van der Waals surface area contributed by atoms with E-state index in [0.29, 0.717) is 13.0 Å². The van der Waals surface area contributed by atoms with Gasteiger partial charge in [0.15, 0.2) is 0 Å². The number of fused-ring (bicyclic) bond motifs is 1. The van der Waals surface area contributed by atoms with Crippen LogP contribution in [0.4, 0.5) is 0 Å². The monoisotopic (exact) mass is 428 g/mol. The van der Waals surface area contributed by atoms with Crippen LogP contribution in [0, 0.1) is 0 Å². The summed E-state index contributed by atoms with van der Waals surface area (Å²) in [6, 6.07) is 22.9. The van der Waals surface area contributed by atoms with Gasteiger partial charge in [-0.15, -0.1) is 0 Å². The maximum Gasteiger partial charge on any atom is 0.254 e. The molecule has 2 amide bonds. The van der Waals surface area contributed by atoms with E-state index in [1.165, 1.54) is 21.2 Å². The Balaban J connectivity index is 1.20. The number of carbonyl (C=O) groups excluding carboxylic acids is 2. The Morgan fingerprint density at radius 1 is 0.906 bits per heavy atom. The van der Waals surface area contributed by atoms with Crippen LogP contribution in [0.1, 0.15) is 34.3 Å². The fourth-order valence-corrected chi connectivity index (χ4v) is 5.00. The molecule has 0 bridgehead atoms. The molecule has 2 aliphatic rings. The molecule has 0 radical (unpaired) electrons. The fraction of sp³-hybridized carbons (Fsp3) is 0.333. The van der Waals surface area contributed by atoms with Gasteiger partial charge in [-0.3, -0.25) is 9.59 Å². The summed E-state index contributed by atoms with van der Waals surface area (Å²) >= 11 is 0. The maximum absolute atomic E-state index is 13.1. The lowest BCUT2D eigenvalue weighted by Crippen LogP contribution is -3.13. The van der Waals surface area contributed by atoms with Crippen LogP contribution in [0.5, 0.6) is 0 Å². The van der Waals surface area contributed by atoms with Gasteiger partial charge in [0.05, 0.1) is 26.2 Å². The highest BCUT2D eigenvalue weighted by Crippen LogP contribution is 2.18. The molecule has 0 unspecified atom stereocenters. The first kappa shape index (κ1) is 20.7. The minimum Gasteiger partial charge on any atom is -0.338 e. The number of nitrogens with one attached hydrogen (secondary N) is 1. The number of carbonyl (C=O) groups is 2. The van der Waals surface area contributed by atoms with Gasteiger partial charge in [0.2, 0.25) is 5.91 Å². The number of hydrogen-bond donors (Lipinski definition) is 1. The van der Waals surface area contributed by atoms with E-state index >= 15 is 0 Å². The summed E-state index contributed by atoms with van der Waals surface area (Å²) in [4.78, 5) is 30.4. The molecule has 3 aromatic carbocycles. The molecule has 5 nitrogen and oxygen atoms in total. The number of quaternary nitrogens is 1. The Hall–Kier alpha value is -3.18. The minimum atomic E-state index is 0.101. The third-order valence-corrected chi connectivity index (χ3v) is 6.80. The molecule has 2 saturated heterocycles. The van der Waals surface area contributed by atoms with Crippen LogP contribution in [0.3, 0.4) is 0 Å². The van der Waals surface area contributed by atoms with Crippen molar-refractivity contribution in [1.29, 1.82) is 0 Å². The van der Waals surface area contributed by atoms with Crippen molar-refractivity contribution in [3.8, 4) is 0 Å². The standard InChI is InChI=1S/C27H29N3O2/c31-26-12-5-13-30(26)19-21-6-3-9-23(18-21)27(32)29-16-14-28(15-17-29)20-24-10-4-8-22-7-1-2-11-25(22)24/h1-4,6-11,18H,5,12-17,19-20H2/p+1.